The zero-order valence-corrected chi connectivity index (χ0v) is 27.4. The number of esters is 2. The van der Waals surface area contributed by atoms with Gasteiger partial charge >= 0.3 is 11.9 Å². The van der Waals surface area contributed by atoms with E-state index in [2.05, 4.69) is 44.9 Å². The first kappa shape index (κ1) is 32.0. The minimum Gasteiger partial charge on any atom is -0.487 e. The van der Waals surface area contributed by atoms with Gasteiger partial charge in [-0.25, -0.2) is 4.98 Å². The fourth-order valence-corrected chi connectivity index (χ4v) is 6.17. The topological polar surface area (TPSA) is 122 Å². The predicted octanol–water partition coefficient (Wildman–Crippen LogP) is 6.11. The highest BCUT2D eigenvalue weighted by Crippen LogP contribution is 2.33. The van der Waals surface area contributed by atoms with Crippen molar-refractivity contribution in [2.75, 3.05) is 32.0 Å². The van der Waals surface area contributed by atoms with Crippen molar-refractivity contribution in [3.8, 4) is 16.9 Å². The highest BCUT2D eigenvalue weighted by molar-refractivity contribution is 5.95. The number of aromatic nitrogens is 3. The molecule has 10 heteroatoms. The number of carbonyl (C=O) groups is 2. The minimum absolute atomic E-state index is 0.0354. The molecule has 10 nitrogen and oxygen atoms in total. The molecule has 0 spiro atoms. The van der Waals surface area contributed by atoms with E-state index in [1.807, 2.05) is 57.2 Å². The van der Waals surface area contributed by atoms with Crippen molar-refractivity contribution in [2.45, 2.75) is 58.8 Å². The van der Waals surface area contributed by atoms with Crippen molar-refractivity contribution < 1.29 is 23.8 Å². The van der Waals surface area contributed by atoms with E-state index >= 15 is 0 Å². The van der Waals surface area contributed by atoms with Gasteiger partial charge in [0.25, 0.3) is 0 Å². The maximum absolute atomic E-state index is 12.6. The summed E-state index contributed by atoms with van der Waals surface area (Å²) >= 11 is 0. The first-order valence-corrected chi connectivity index (χ1v) is 16.0. The van der Waals surface area contributed by atoms with Gasteiger partial charge in [0.05, 0.1) is 36.8 Å². The van der Waals surface area contributed by atoms with E-state index in [0.29, 0.717) is 24.7 Å². The van der Waals surface area contributed by atoms with Crippen molar-refractivity contribution in [3.05, 3.63) is 84.2 Å². The Hall–Kier alpha value is -4.96. The van der Waals surface area contributed by atoms with Crippen LogP contribution in [0.25, 0.3) is 32.8 Å². The fourth-order valence-electron chi connectivity index (χ4n) is 6.17. The van der Waals surface area contributed by atoms with Crippen LogP contribution in [0.5, 0.6) is 5.75 Å². The molecule has 47 heavy (non-hydrogen) atoms. The van der Waals surface area contributed by atoms with Crippen molar-refractivity contribution in [1.29, 1.82) is 0 Å². The molecule has 5 aromatic rings. The first-order chi connectivity index (χ1) is 22.6. The lowest BCUT2D eigenvalue weighted by atomic mass is 10.00. The minimum atomic E-state index is -0.533. The number of pyridine rings is 1. The van der Waals surface area contributed by atoms with Crippen molar-refractivity contribution in [1.82, 2.24) is 19.7 Å². The summed E-state index contributed by atoms with van der Waals surface area (Å²) in [7, 11) is 0. The van der Waals surface area contributed by atoms with E-state index in [4.69, 9.17) is 25.0 Å². The van der Waals surface area contributed by atoms with Crippen LogP contribution in [0.4, 0.5) is 5.82 Å². The number of nitrogens with two attached hydrogens (primary N) is 1. The molecule has 0 bridgehead atoms. The Morgan fingerprint density at radius 2 is 1.74 bits per heavy atom. The summed E-state index contributed by atoms with van der Waals surface area (Å²) in [5.41, 5.74) is 10.2. The highest BCUT2D eigenvalue weighted by atomic mass is 16.6. The van der Waals surface area contributed by atoms with Gasteiger partial charge in [-0.05, 0) is 81.0 Å². The maximum Gasteiger partial charge on any atom is 0.320 e. The Bertz CT molecular complexity index is 1930. The van der Waals surface area contributed by atoms with Gasteiger partial charge in [0, 0.05) is 35.6 Å². The molecule has 0 saturated carbocycles. The number of anilines is 1. The third-order valence-electron chi connectivity index (χ3n) is 8.27. The zero-order chi connectivity index (χ0) is 33.1. The summed E-state index contributed by atoms with van der Waals surface area (Å²) in [4.78, 5) is 31.3. The second kappa shape index (κ2) is 13.4. The second-order valence-electron chi connectivity index (χ2n) is 12.9. The molecule has 0 radical (unpaired) electrons. The van der Waals surface area contributed by atoms with Crippen LogP contribution in [0, 0.1) is 0 Å². The van der Waals surface area contributed by atoms with Crippen LogP contribution in [0.3, 0.4) is 0 Å². The molecular weight excluding hydrogens is 594 g/mol. The Kier molecular flexibility index (Phi) is 9.13. The van der Waals surface area contributed by atoms with Gasteiger partial charge < -0.3 is 19.9 Å². The number of ether oxygens (including phenoxy) is 3. The zero-order valence-electron chi connectivity index (χ0n) is 27.4. The van der Waals surface area contributed by atoms with Crippen LogP contribution in [-0.4, -0.2) is 63.4 Å². The van der Waals surface area contributed by atoms with Crippen molar-refractivity contribution >= 4 is 39.4 Å². The van der Waals surface area contributed by atoms with E-state index in [9.17, 15) is 9.59 Å². The third-order valence-corrected chi connectivity index (χ3v) is 8.27. The molecule has 244 valence electrons. The summed E-state index contributed by atoms with van der Waals surface area (Å²) in [5.74, 6) is 0.575. The molecule has 0 aliphatic carbocycles. The van der Waals surface area contributed by atoms with E-state index in [1.165, 1.54) is 0 Å². The summed E-state index contributed by atoms with van der Waals surface area (Å²) < 4.78 is 19.3. The number of benzene rings is 3. The number of hydrogen-bond acceptors (Lipinski definition) is 9. The number of nitrogens with zero attached hydrogens (tertiary/aromatic N) is 4. The summed E-state index contributed by atoms with van der Waals surface area (Å²) in [5, 5.41) is 7.96. The summed E-state index contributed by atoms with van der Waals surface area (Å²) in [6.45, 7) is 9.61. The van der Waals surface area contributed by atoms with E-state index in [0.717, 1.165) is 57.0 Å². The van der Waals surface area contributed by atoms with Gasteiger partial charge in [-0.1, -0.05) is 36.4 Å². The normalized spacial score (nSPS) is 15.3. The average Bonchev–Trinajstić information content (AvgIpc) is 3.63. The number of nitrogen functional groups attached to an aromatic ring is 1. The van der Waals surface area contributed by atoms with Gasteiger partial charge in [0.1, 0.15) is 23.8 Å². The van der Waals surface area contributed by atoms with Gasteiger partial charge in [-0.15, -0.1) is 0 Å². The van der Waals surface area contributed by atoms with Crippen LogP contribution in [0.15, 0.2) is 72.9 Å². The molecule has 1 atom stereocenters. The van der Waals surface area contributed by atoms with E-state index < -0.39 is 5.60 Å². The van der Waals surface area contributed by atoms with Crippen LogP contribution in [-0.2, 0) is 32.1 Å². The Balaban J connectivity index is 1.34. The smallest absolute Gasteiger partial charge is 0.320 e. The molecule has 3 aromatic carbocycles. The quantitative estimate of drug-likeness (QED) is 0.181. The molecule has 1 aliphatic heterocycles. The van der Waals surface area contributed by atoms with Gasteiger partial charge in [0.15, 0.2) is 0 Å². The largest absolute Gasteiger partial charge is 0.487 e. The van der Waals surface area contributed by atoms with Gasteiger partial charge in [-0.2, -0.15) is 5.10 Å². The summed E-state index contributed by atoms with van der Waals surface area (Å²) in [6, 6.07) is 22.0. The number of hydrogen-bond donors (Lipinski definition) is 1. The lowest BCUT2D eigenvalue weighted by Gasteiger charge is -2.22. The second-order valence-corrected chi connectivity index (χ2v) is 12.9. The van der Waals surface area contributed by atoms with E-state index in [1.54, 1.807) is 13.1 Å². The molecule has 2 aromatic heterocycles. The van der Waals surface area contributed by atoms with Crippen LogP contribution in [0.1, 0.15) is 51.4 Å². The molecule has 1 unspecified atom stereocenters. The number of likely N-dealkylation sites (tertiary alicyclic amines) is 1. The molecule has 0 amide bonds. The van der Waals surface area contributed by atoms with E-state index in [-0.39, 0.29) is 37.6 Å². The predicted molar refractivity (Wildman–Crippen MR) is 182 cm³/mol. The van der Waals surface area contributed by atoms with Crippen LogP contribution >= 0.6 is 0 Å². The number of carbonyl (C=O) groups excluding carboxylic acids is 2. The van der Waals surface area contributed by atoms with Crippen molar-refractivity contribution in [2.24, 2.45) is 0 Å². The van der Waals surface area contributed by atoms with Gasteiger partial charge in [0.2, 0.25) is 0 Å². The van der Waals surface area contributed by atoms with Crippen molar-refractivity contribution in [3.63, 3.8) is 0 Å². The number of para-hydroxylation sites is 1. The molecule has 2 N–H and O–H groups in total. The average molecular weight is 636 g/mol. The molecular formula is C37H41N5O5. The molecule has 3 heterocycles. The monoisotopic (exact) mass is 635 g/mol. The molecule has 1 aliphatic rings. The maximum atomic E-state index is 12.6. The third kappa shape index (κ3) is 7.38. The lowest BCUT2D eigenvalue weighted by molar-refractivity contribution is -0.155. The van der Waals surface area contributed by atoms with Crippen LogP contribution < -0.4 is 10.5 Å². The SMILES string of the molecule is CCOC(=O)Cc1ccccc1OCc1c2cc(-c3ccc4ccnc(N)c4c3)ccc2nn1C1CCN(CC(=O)OC(C)(C)C)C1. The Morgan fingerprint density at radius 3 is 2.53 bits per heavy atom. The lowest BCUT2D eigenvalue weighted by Crippen LogP contribution is -2.34. The Labute approximate surface area is 274 Å². The fraction of sp³-hybridized carbons (Fsp3) is 0.351. The standard InChI is InChI=1S/C37H41N5O5/c1-5-45-34(43)20-27-8-6-7-9-33(27)46-23-32-30-19-26(25-11-10-24-14-16-39-36(38)29(24)18-25)12-13-31(30)40-42(32)28-15-17-41(21-28)22-35(44)47-37(2,3)4/h6-14,16,18-19,28H,5,15,17,20-23H2,1-4H3,(H2,38,39). The molecule has 1 saturated heterocycles. The number of fused-ring (bicyclic) bond motifs is 2. The van der Waals surface area contributed by atoms with Crippen LogP contribution in [0.2, 0.25) is 0 Å². The first-order valence-electron chi connectivity index (χ1n) is 16.0. The highest BCUT2D eigenvalue weighted by Gasteiger charge is 2.30. The Morgan fingerprint density at radius 1 is 0.979 bits per heavy atom. The summed E-state index contributed by atoms with van der Waals surface area (Å²) in [6.07, 6.45) is 2.66. The molecule has 1 fully saturated rings. The molecule has 6 rings (SSSR count). The van der Waals surface area contributed by atoms with Gasteiger partial charge in [-0.3, -0.25) is 19.2 Å². The number of rotatable bonds is 10.